The van der Waals surface area contributed by atoms with Gasteiger partial charge in [-0.15, -0.1) is 10.2 Å². The fourth-order valence-electron chi connectivity index (χ4n) is 2.00. The molecule has 2 rings (SSSR count). The fraction of sp³-hybridized carbons (Fsp3) is 0.643. The van der Waals surface area contributed by atoms with E-state index in [1.807, 2.05) is 22.9 Å². The van der Waals surface area contributed by atoms with E-state index in [-0.39, 0.29) is 24.3 Å². The first kappa shape index (κ1) is 23.2. The van der Waals surface area contributed by atoms with Gasteiger partial charge in [0.1, 0.15) is 5.69 Å². The quantitative estimate of drug-likeness (QED) is 0.126. The molecular formula is C14H25IN10O4. The van der Waals surface area contributed by atoms with Gasteiger partial charge in [0, 0.05) is 6.54 Å². The highest BCUT2D eigenvalue weighted by Crippen LogP contribution is 2.29. The SMILES string of the molecule is NCCOCCOCCOCCn1nnc(COc2nc(N)nc(N)c2NI)n1. The third kappa shape index (κ3) is 8.44. The molecule has 7 N–H and O–H groups in total. The average molecular weight is 524 g/mol. The molecule has 0 bridgehead atoms. The highest BCUT2D eigenvalue weighted by Gasteiger charge is 2.13. The summed E-state index contributed by atoms with van der Waals surface area (Å²) in [4.78, 5) is 9.28. The summed E-state index contributed by atoms with van der Waals surface area (Å²) in [6.07, 6.45) is 0. The van der Waals surface area contributed by atoms with E-state index in [9.17, 15) is 0 Å². The number of nitrogen functional groups attached to an aromatic ring is 2. The normalized spacial score (nSPS) is 11.0. The molecule has 0 aliphatic rings. The minimum Gasteiger partial charge on any atom is -0.468 e. The number of nitrogens with one attached hydrogen (secondary N) is 1. The molecule has 15 heteroatoms. The predicted molar refractivity (Wildman–Crippen MR) is 112 cm³/mol. The lowest BCUT2D eigenvalue weighted by atomic mass is 10.4. The van der Waals surface area contributed by atoms with Gasteiger partial charge in [-0.05, 0) is 5.21 Å². The number of nitrogens with two attached hydrogens (primary N) is 3. The zero-order valence-electron chi connectivity index (χ0n) is 15.8. The largest absolute Gasteiger partial charge is 0.468 e. The first-order valence-corrected chi connectivity index (χ1v) is 9.84. The number of halogens is 1. The van der Waals surface area contributed by atoms with Crippen molar-refractivity contribution >= 4 is 40.3 Å². The maximum Gasteiger partial charge on any atom is 0.245 e. The van der Waals surface area contributed by atoms with Crippen molar-refractivity contribution in [2.75, 3.05) is 61.2 Å². The summed E-state index contributed by atoms with van der Waals surface area (Å²) < 4.78 is 24.4. The first-order chi connectivity index (χ1) is 14.1. The molecule has 0 saturated heterocycles. The summed E-state index contributed by atoms with van der Waals surface area (Å²) in [5, 5.41) is 12.1. The van der Waals surface area contributed by atoms with Gasteiger partial charge in [0.25, 0.3) is 0 Å². The average Bonchev–Trinajstić information content (AvgIpc) is 3.15. The molecule has 2 aromatic rings. The third-order valence-corrected chi connectivity index (χ3v) is 3.83. The van der Waals surface area contributed by atoms with Crippen LogP contribution in [0.2, 0.25) is 0 Å². The second kappa shape index (κ2) is 13.2. The van der Waals surface area contributed by atoms with E-state index in [4.69, 9.17) is 36.1 Å². The van der Waals surface area contributed by atoms with Crippen LogP contribution in [0.5, 0.6) is 5.88 Å². The van der Waals surface area contributed by atoms with Gasteiger partial charge >= 0.3 is 0 Å². The predicted octanol–water partition coefficient (Wildman–Crippen LogP) is -1.02. The van der Waals surface area contributed by atoms with E-state index in [0.717, 1.165) is 0 Å². The molecular weight excluding hydrogens is 499 g/mol. The molecule has 14 nitrogen and oxygen atoms in total. The minimum atomic E-state index is 0.00808. The van der Waals surface area contributed by atoms with Crippen molar-refractivity contribution in [1.82, 2.24) is 30.2 Å². The van der Waals surface area contributed by atoms with Gasteiger partial charge < -0.3 is 39.7 Å². The Morgan fingerprint density at radius 2 is 1.66 bits per heavy atom. The van der Waals surface area contributed by atoms with E-state index in [0.29, 0.717) is 64.2 Å². The Hall–Kier alpha value is -2.08. The molecule has 0 saturated carbocycles. The summed E-state index contributed by atoms with van der Waals surface area (Å²) in [7, 11) is 0. The Morgan fingerprint density at radius 1 is 0.966 bits per heavy atom. The number of hydrogen-bond donors (Lipinski definition) is 4. The molecule has 0 amide bonds. The minimum absolute atomic E-state index is 0.00808. The molecule has 2 heterocycles. The second-order valence-electron chi connectivity index (χ2n) is 5.46. The Kier molecular flexibility index (Phi) is 10.6. The summed E-state index contributed by atoms with van der Waals surface area (Å²) in [6.45, 7) is 3.93. The summed E-state index contributed by atoms with van der Waals surface area (Å²) in [5.74, 6) is 0.773. The van der Waals surface area contributed by atoms with E-state index < -0.39 is 0 Å². The van der Waals surface area contributed by atoms with Crippen LogP contribution in [0.4, 0.5) is 17.5 Å². The molecule has 0 fully saturated rings. The Morgan fingerprint density at radius 3 is 2.34 bits per heavy atom. The van der Waals surface area contributed by atoms with Crippen molar-refractivity contribution in [3.8, 4) is 5.88 Å². The molecule has 2 aromatic heterocycles. The molecule has 0 aliphatic carbocycles. The lowest BCUT2D eigenvalue weighted by Gasteiger charge is -2.10. The number of hydrogen-bond acceptors (Lipinski definition) is 13. The Bertz CT molecular complexity index is 734. The number of anilines is 3. The maximum absolute atomic E-state index is 5.77. The van der Waals surface area contributed by atoms with Crippen LogP contribution in [0, 0.1) is 0 Å². The second-order valence-corrected chi connectivity index (χ2v) is 6.00. The number of rotatable bonds is 15. The van der Waals surface area contributed by atoms with Crippen LogP contribution >= 0.6 is 22.9 Å². The lowest BCUT2D eigenvalue weighted by Crippen LogP contribution is -2.15. The van der Waals surface area contributed by atoms with Crippen molar-refractivity contribution < 1.29 is 18.9 Å². The van der Waals surface area contributed by atoms with Gasteiger partial charge in [0.15, 0.2) is 12.4 Å². The highest BCUT2D eigenvalue weighted by atomic mass is 127. The number of ether oxygens (including phenoxy) is 4. The van der Waals surface area contributed by atoms with Gasteiger partial charge in [-0.3, -0.25) is 0 Å². The fourth-order valence-corrected chi connectivity index (χ4v) is 2.51. The topological polar surface area (TPSA) is 196 Å². The lowest BCUT2D eigenvalue weighted by molar-refractivity contribution is 0.0136. The van der Waals surface area contributed by atoms with Crippen LogP contribution < -0.4 is 25.5 Å². The molecule has 0 spiro atoms. The summed E-state index contributed by atoms with van der Waals surface area (Å²) in [6, 6.07) is 0. The molecule has 0 radical (unpaired) electrons. The first-order valence-electron chi connectivity index (χ1n) is 8.76. The van der Waals surface area contributed by atoms with Crippen molar-refractivity contribution in [2.45, 2.75) is 13.2 Å². The van der Waals surface area contributed by atoms with Crippen molar-refractivity contribution in [3.05, 3.63) is 5.82 Å². The van der Waals surface area contributed by atoms with Crippen LogP contribution in [-0.2, 0) is 27.4 Å². The monoisotopic (exact) mass is 524 g/mol. The standard InChI is InChI=1S/C14H25IN10O4/c15-21-11-12(17)19-14(18)20-13(11)29-9-10-22-24-25(23-10)2-4-27-6-8-28-7-5-26-3-1-16/h21H,1-9,16H2,(H4,17,18,19,20). The van der Waals surface area contributed by atoms with E-state index in [1.165, 1.54) is 4.80 Å². The van der Waals surface area contributed by atoms with Gasteiger partial charge in [-0.1, -0.05) is 0 Å². The molecule has 0 atom stereocenters. The van der Waals surface area contributed by atoms with Crippen molar-refractivity contribution in [3.63, 3.8) is 0 Å². The van der Waals surface area contributed by atoms with Gasteiger partial charge in [0.05, 0.1) is 69.1 Å². The molecule has 29 heavy (non-hydrogen) atoms. The molecule has 0 aliphatic heterocycles. The Balaban J connectivity index is 1.64. The summed E-state index contributed by atoms with van der Waals surface area (Å²) >= 11 is 1.90. The van der Waals surface area contributed by atoms with Crippen LogP contribution in [0.15, 0.2) is 0 Å². The van der Waals surface area contributed by atoms with Crippen LogP contribution in [0.25, 0.3) is 0 Å². The van der Waals surface area contributed by atoms with Crippen LogP contribution in [0.3, 0.4) is 0 Å². The molecule has 162 valence electrons. The van der Waals surface area contributed by atoms with Gasteiger partial charge in [-0.25, -0.2) is 0 Å². The maximum atomic E-state index is 5.77. The zero-order valence-corrected chi connectivity index (χ0v) is 17.9. The number of aromatic nitrogens is 6. The number of tetrazole rings is 1. The van der Waals surface area contributed by atoms with Gasteiger partial charge in [0.2, 0.25) is 17.7 Å². The molecule has 0 unspecified atom stereocenters. The van der Waals surface area contributed by atoms with Gasteiger partial charge in [-0.2, -0.15) is 14.8 Å². The van der Waals surface area contributed by atoms with Crippen molar-refractivity contribution in [2.24, 2.45) is 5.73 Å². The zero-order chi connectivity index (χ0) is 20.9. The smallest absolute Gasteiger partial charge is 0.245 e. The van der Waals surface area contributed by atoms with Crippen molar-refractivity contribution in [1.29, 1.82) is 0 Å². The van der Waals surface area contributed by atoms with Crippen LogP contribution in [-0.4, -0.2) is 76.4 Å². The summed E-state index contributed by atoms with van der Waals surface area (Å²) in [5.41, 5.74) is 17.1. The van der Waals surface area contributed by atoms with Crippen LogP contribution in [0.1, 0.15) is 5.82 Å². The Labute approximate surface area is 181 Å². The van der Waals surface area contributed by atoms with E-state index in [1.54, 1.807) is 0 Å². The van der Waals surface area contributed by atoms with E-state index in [2.05, 4.69) is 28.9 Å². The van der Waals surface area contributed by atoms with E-state index >= 15 is 0 Å². The third-order valence-electron chi connectivity index (χ3n) is 3.29. The molecule has 0 aromatic carbocycles. The highest BCUT2D eigenvalue weighted by molar-refractivity contribution is 14.1. The number of nitrogens with zero attached hydrogens (tertiary/aromatic N) is 6.